The largest absolute Gasteiger partial charge is 0.338 e. The molecule has 0 spiro atoms. The highest BCUT2D eigenvalue weighted by Crippen LogP contribution is 2.25. The highest BCUT2D eigenvalue weighted by atomic mass is 32.2. The molecule has 2 aromatic heterocycles. The van der Waals surface area contributed by atoms with Gasteiger partial charge in [0.1, 0.15) is 5.52 Å². The number of carbonyl (C=O) groups is 1. The van der Waals surface area contributed by atoms with Gasteiger partial charge in [-0.25, -0.2) is 4.98 Å². The van der Waals surface area contributed by atoms with Crippen LogP contribution in [0.4, 0.5) is 5.69 Å². The first-order chi connectivity index (χ1) is 14.2. The molecule has 0 aliphatic rings. The van der Waals surface area contributed by atoms with E-state index in [1.807, 2.05) is 61.5 Å². The predicted octanol–water partition coefficient (Wildman–Crippen LogP) is 4.70. The number of rotatable bonds is 4. The number of aromatic amines is 1. The van der Waals surface area contributed by atoms with Crippen molar-refractivity contribution in [3.63, 3.8) is 0 Å². The molecule has 2 heterocycles. The third-order valence-corrected chi connectivity index (χ3v) is 5.58. The summed E-state index contributed by atoms with van der Waals surface area (Å²) in [6, 6.07) is 19.9. The van der Waals surface area contributed by atoms with Crippen molar-refractivity contribution in [2.75, 3.05) is 11.1 Å². The number of H-pyrrole nitrogens is 1. The predicted molar refractivity (Wildman–Crippen MR) is 117 cm³/mol. The van der Waals surface area contributed by atoms with Crippen molar-refractivity contribution >= 4 is 56.2 Å². The fourth-order valence-electron chi connectivity index (χ4n) is 3.38. The Hall–Kier alpha value is -3.45. The van der Waals surface area contributed by atoms with Crippen LogP contribution in [0.1, 0.15) is 5.56 Å². The molecule has 0 radical (unpaired) electrons. The number of aromatic nitrogens is 4. The normalized spacial score (nSPS) is 11.3. The van der Waals surface area contributed by atoms with Crippen LogP contribution in [0.2, 0.25) is 0 Å². The molecule has 0 saturated carbocycles. The Bertz CT molecular complexity index is 1370. The molecule has 6 nitrogen and oxygen atoms in total. The van der Waals surface area contributed by atoms with Gasteiger partial charge in [0.25, 0.3) is 0 Å². The van der Waals surface area contributed by atoms with E-state index in [-0.39, 0.29) is 11.7 Å². The SMILES string of the molecule is Cc1ccc2[nH]c3nc(SCC(=O)Nc4cccc5ccccc45)nnc3c2c1. The van der Waals surface area contributed by atoms with Gasteiger partial charge in [0.15, 0.2) is 5.65 Å². The first-order valence-corrected chi connectivity index (χ1v) is 10.2. The topological polar surface area (TPSA) is 83.6 Å². The van der Waals surface area contributed by atoms with Crippen LogP contribution in [-0.4, -0.2) is 31.8 Å². The molecule has 0 unspecified atom stereocenters. The van der Waals surface area contributed by atoms with Gasteiger partial charge in [-0.2, -0.15) is 0 Å². The smallest absolute Gasteiger partial charge is 0.234 e. The maximum absolute atomic E-state index is 12.5. The van der Waals surface area contributed by atoms with E-state index in [1.165, 1.54) is 11.8 Å². The Labute approximate surface area is 170 Å². The summed E-state index contributed by atoms with van der Waals surface area (Å²) < 4.78 is 0. The molecule has 1 amide bonds. The molecule has 0 aliphatic heterocycles. The fraction of sp³-hybridized carbons (Fsp3) is 0.0909. The van der Waals surface area contributed by atoms with Gasteiger partial charge in [-0.3, -0.25) is 4.79 Å². The highest BCUT2D eigenvalue weighted by Gasteiger charge is 2.12. The van der Waals surface area contributed by atoms with Crippen LogP contribution >= 0.6 is 11.8 Å². The summed E-state index contributed by atoms with van der Waals surface area (Å²) >= 11 is 1.26. The average molecular weight is 399 g/mol. The number of thioether (sulfide) groups is 1. The van der Waals surface area contributed by atoms with Gasteiger partial charge in [-0.05, 0) is 30.5 Å². The third-order valence-electron chi connectivity index (χ3n) is 4.75. The van der Waals surface area contributed by atoms with Crippen molar-refractivity contribution in [2.45, 2.75) is 12.1 Å². The summed E-state index contributed by atoms with van der Waals surface area (Å²) in [6.45, 7) is 2.04. The zero-order chi connectivity index (χ0) is 19.8. The first-order valence-electron chi connectivity index (χ1n) is 9.20. The van der Waals surface area contributed by atoms with Crippen molar-refractivity contribution < 1.29 is 4.79 Å². The van der Waals surface area contributed by atoms with Crippen molar-refractivity contribution in [1.82, 2.24) is 20.2 Å². The second-order valence-corrected chi connectivity index (χ2v) is 7.77. The molecular formula is C22H17N5OS. The van der Waals surface area contributed by atoms with Crippen molar-refractivity contribution in [1.29, 1.82) is 0 Å². The first kappa shape index (κ1) is 17.6. The lowest BCUT2D eigenvalue weighted by molar-refractivity contribution is -0.113. The van der Waals surface area contributed by atoms with Gasteiger partial charge in [-0.1, -0.05) is 59.8 Å². The Balaban J connectivity index is 1.33. The molecule has 5 rings (SSSR count). The van der Waals surface area contributed by atoms with Crippen molar-refractivity contribution in [3.8, 4) is 0 Å². The van der Waals surface area contributed by atoms with Crippen LogP contribution in [-0.2, 0) is 4.79 Å². The molecule has 142 valence electrons. The molecule has 0 bridgehead atoms. The number of hydrogen-bond acceptors (Lipinski definition) is 5. The van der Waals surface area contributed by atoms with E-state index >= 15 is 0 Å². The van der Waals surface area contributed by atoms with E-state index in [2.05, 4.69) is 31.5 Å². The summed E-state index contributed by atoms with van der Waals surface area (Å²) in [5.74, 6) is 0.0952. The highest BCUT2D eigenvalue weighted by molar-refractivity contribution is 7.99. The maximum Gasteiger partial charge on any atom is 0.234 e. The van der Waals surface area contributed by atoms with Crippen LogP contribution in [0.15, 0.2) is 65.8 Å². The number of amides is 1. The monoisotopic (exact) mass is 399 g/mol. The summed E-state index contributed by atoms with van der Waals surface area (Å²) in [7, 11) is 0. The van der Waals surface area contributed by atoms with E-state index in [1.54, 1.807) is 0 Å². The Kier molecular flexibility index (Phi) is 4.37. The van der Waals surface area contributed by atoms with Gasteiger partial charge >= 0.3 is 0 Å². The summed E-state index contributed by atoms with van der Waals surface area (Å²) in [5, 5.41) is 15.1. The standard InChI is InChI=1S/C22H17N5OS/c1-13-9-10-18-16(11-13)20-21(24-18)25-22(27-26-20)29-12-19(28)23-17-8-4-6-14-5-2-3-7-15(14)17/h2-11H,12H2,1H3,(H,23,28)(H,24,25,27). The molecule has 0 saturated heterocycles. The number of fused-ring (bicyclic) bond motifs is 4. The Morgan fingerprint density at radius 2 is 1.90 bits per heavy atom. The number of aryl methyl sites for hydroxylation is 1. The Morgan fingerprint density at radius 3 is 2.83 bits per heavy atom. The molecule has 2 N–H and O–H groups in total. The van der Waals surface area contributed by atoms with Crippen LogP contribution in [0.5, 0.6) is 0 Å². The minimum Gasteiger partial charge on any atom is -0.338 e. The summed E-state index contributed by atoms with van der Waals surface area (Å²) in [6.07, 6.45) is 0. The number of hydrogen-bond donors (Lipinski definition) is 2. The maximum atomic E-state index is 12.5. The van der Waals surface area contributed by atoms with E-state index in [9.17, 15) is 4.79 Å². The van der Waals surface area contributed by atoms with Gasteiger partial charge in [0.05, 0.1) is 5.75 Å². The lowest BCUT2D eigenvalue weighted by Crippen LogP contribution is -2.14. The zero-order valence-corrected chi connectivity index (χ0v) is 16.5. The molecule has 0 atom stereocenters. The number of nitrogens with zero attached hydrogens (tertiary/aromatic N) is 3. The molecule has 29 heavy (non-hydrogen) atoms. The fourth-order valence-corrected chi connectivity index (χ4v) is 3.97. The number of nitrogens with one attached hydrogen (secondary N) is 2. The van der Waals surface area contributed by atoms with Crippen LogP contribution in [0.3, 0.4) is 0 Å². The zero-order valence-electron chi connectivity index (χ0n) is 15.6. The number of benzene rings is 3. The minimum absolute atomic E-state index is 0.109. The lowest BCUT2D eigenvalue weighted by Gasteiger charge is -2.08. The van der Waals surface area contributed by atoms with Gasteiger partial charge in [0.2, 0.25) is 11.1 Å². The second kappa shape index (κ2) is 7.18. The third kappa shape index (κ3) is 3.40. The summed E-state index contributed by atoms with van der Waals surface area (Å²) in [5.41, 5.74) is 4.35. The van der Waals surface area contributed by atoms with E-state index in [0.717, 1.165) is 38.4 Å². The molecule has 3 aromatic carbocycles. The van der Waals surface area contributed by atoms with E-state index in [0.29, 0.717) is 10.8 Å². The van der Waals surface area contributed by atoms with Crippen LogP contribution in [0, 0.1) is 6.92 Å². The molecule has 7 heteroatoms. The molecule has 0 aliphatic carbocycles. The average Bonchev–Trinajstić information content (AvgIpc) is 3.09. The van der Waals surface area contributed by atoms with Gasteiger partial charge < -0.3 is 10.3 Å². The van der Waals surface area contributed by atoms with Crippen molar-refractivity contribution in [2.24, 2.45) is 0 Å². The van der Waals surface area contributed by atoms with Crippen LogP contribution < -0.4 is 5.32 Å². The molecule has 5 aromatic rings. The number of carbonyl (C=O) groups excluding carboxylic acids is 1. The van der Waals surface area contributed by atoms with E-state index in [4.69, 9.17) is 0 Å². The van der Waals surface area contributed by atoms with Crippen molar-refractivity contribution in [3.05, 3.63) is 66.2 Å². The quantitative estimate of drug-likeness (QED) is 0.428. The van der Waals surface area contributed by atoms with Gasteiger partial charge in [-0.15, -0.1) is 10.2 Å². The summed E-state index contributed by atoms with van der Waals surface area (Å²) in [4.78, 5) is 20.2. The molecular weight excluding hydrogens is 382 g/mol. The lowest BCUT2D eigenvalue weighted by atomic mass is 10.1. The second-order valence-electron chi connectivity index (χ2n) is 6.83. The Morgan fingerprint density at radius 1 is 1.03 bits per heavy atom. The molecule has 0 fully saturated rings. The van der Waals surface area contributed by atoms with Crippen LogP contribution in [0.25, 0.3) is 32.8 Å². The van der Waals surface area contributed by atoms with E-state index < -0.39 is 0 Å². The minimum atomic E-state index is -0.109. The van der Waals surface area contributed by atoms with Gasteiger partial charge in [0, 0.05) is 22.0 Å². The number of anilines is 1.